The van der Waals surface area contributed by atoms with Crippen LogP contribution in [0.1, 0.15) is 15.9 Å². The van der Waals surface area contributed by atoms with Crippen LogP contribution in [0.5, 0.6) is 0 Å². The molecule has 3 heterocycles. The first-order valence-electron chi connectivity index (χ1n) is 8.59. The van der Waals surface area contributed by atoms with Gasteiger partial charge in [0.1, 0.15) is 6.67 Å². The number of methoxy groups -OCH3 is 1. The average Bonchev–Trinajstić information content (AvgIpc) is 3.23. The van der Waals surface area contributed by atoms with Gasteiger partial charge in [-0.1, -0.05) is 0 Å². The predicted octanol–water partition coefficient (Wildman–Crippen LogP) is 2.82. The fourth-order valence-electron chi connectivity index (χ4n) is 3.35. The first kappa shape index (κ1) is 17.4. The van der Waals surface area contributed by atoms with Crippen molar-refractivity contribution in [3.63, 3.8) is 0 Å². The summed E-state index contributed by atoms with van der Waals surface area (Å²) < 4.78 is 9.16. The molecule has 0 saturated carbocycles. The predicted molar refractivity (Wildman–Crippen MR) is 104 cm³/mol. The molecule has 1 aliphatic heterocycles. The van der Waals surface area contributed by atoms with Crippen molar-refractivity contribution in [3.8, 4) is 11.4 Å². The van der Waals surface area contributed by atoms with Crippen LogP contribution in [-0.2, 0) is 24.9 Å². The van der Waals surface area contributed by atoms with Crippen LogP contribution >= 0.6 is 12.2 Å². The van der Waals surface area contributed by atoms with Gasteiger partial charge in [-0.3, -0.25) is 4.98 Å². The van der Waals surface area contributed by atoms with Crippen LogP contribution in [0.3, 0.4) is 0 Å². The van der Waals surface area contributed by atoms with Gasteiger partial charge in [0.2, 0.25) is 0 Å². The fourth-order valence-corrected chi connectivity index (χ4v) is 3.54. The van der Waals surface area contributed by atoms with Crippen molar-refractivity contribution >= 4 is 23.9 Å². The first-order chi connectivity index (χ1) is 13.1. The van der Waals surface area contributed by atoms with Gasteiger partial charge in [0.05, 0.1) is 12.7 Å². The maximum absolute atomic E-state index is 11.7. The summed E-state index contributed by atoms with van der Waals surface area (Å²) >= 11 is 5.57. The lowest BCUT2D eigenvalue weighted by atomic mass is 10.1. The van der Waals surface area contributed by atoms with Gasteiger partial charge in [0.25, 0.3) is 0 Å². The quantitative estimate of drug-likeness (QED) is 0.511. The number of ether oxygens (including phenoxy) is 1. The van der Waals surface area contributed by atoms with E-state index in [1.807, 2.05) is 40.6 Å². The number of anilines is 1. The van der Waals surface area contributed by atoms with Crippen molar-refractivity contribution in [3.05, 3.63) is 58.6 Å². The third kappa shape index (κ3) is 3.12. The molecule has 4 rings (SSSR count). The van der Waals surface area contributed by atoms with Crippen LogP contribution in [0.4, 0.5) is 5.69 Å². The van der Waals surface area contributed by atoms with Crippen molar-refractivity contribution in [2.75, 3.05) is 18.6 Å². The van der Waals surface area contributed by atoms with Crippen LogP contribution in [0.2, 0.25) is 0 Å². The topological polar surface area (TPSA) is 65.2 Å². The molecule has 1 aliphatic rings. The van der Waals surface area contributed by atoms with Gasteiger partial charge >= 0.3 is 5.97 Å². The zero-order chi connectivity index (χ0) is 19.0. The number of carbonyl (C=O) groups is 1. The lowest BCUT2D eigenvalue weighted by molar-refractivity contribution is 0.0600. The Morgan fingerprint density at radius 1 is 1.33 bits per heavy atom. The minimum absolute atomic E-state index is 0.315. The lowest BCUT2D eigenvalue weighted by Gasteiger charge is -2.19. The highest BCUT2D eigenvalue weighted by Gasteiger charge is 2.22. The van der Waals surface area contributed by atoms with E-state index in [4.69, 9.17) is 22.1 Å². The van der Waals surface area contributed by atoms with E-state index in [9.17, 15) is 4.79 Å². The Bertz CT molecular complexity index is 1060. The van der Waals surface area contributed by atoms with Crippen molar-refractivity contribution in [2.45, 2.75) is 13.1 Å². The van der Waals surface area contributed by atoms with E-state index in [0.717, 1.165) is 35.6 Å². The van der Waals surface area contributed by atoms with E-state index >= 15 is 0 Å². The number of hydrogen-bond donors (Lipinski definition) is 0. The van der Waals surface area contributed by atoms with E-state index in [-0.39, 0.29) is 5.97 Å². The monoisotopic (exact) mass is 381 g/mol. The molecule has 0 N–H and O–H groups in total. The van der Waals surface area contributed by atoms with E-state index < -0.39 is 0 Å². The normalized spacial score (nSPS) is 12.9. The highest BCUT2D eigenvalue weighted by molar-refractivity contribution is 7.71. The SMILES string of the molecule is COC(=O)c1ccc2c(c1)CCN2Cn1nc(-c2cccnc2)n(C)c1=S. The molecule has 7 nitrogen and oxygen atoms in total. The van der Waals surface area contributed by atoms with Gasteiger partial charge in [-0.25, -0.2) is 9.48 Å². The van der Waals surface area contributed by atoms with Gasteiger partial charge in [0.15, 0.2) is 10.6 Å². The highest BCUT2D eigenvalue weighted by atomic mass is 32.1. The summed E-state index contributed by atoms with van der Waals surface area (Å²) in [6, 6.07) is 9.51. The maximum atomic E-state index is 11.7. The molecule has 0 aliphatic carbocycles. The number of rotatable bonds is 4. The van der Waals surface area contributed by atoms with Crippen LogP contribution in [0.15, 0.2) is 42.7 Å². The number of hydrogen-bond acceptors (Lipinski definition) is 6. The summed E-state index contributed by atoms with van der Waals surface area (Å²) in [5, 5.41) is 4.69. The van der Waals surface area contributed by atoms with Crippen molar-refractivity contribution < 1.29 is 9.53 Å². The van der Waals surface area contributed by atoms with Crippen LogP contribution in [0, 0.1) is 4.77 Å². The van der Waals surface area contributed by atoms with Crippen LogP contribution in [0.25, 0.3) is 11.4 Å². The van der Waals surface area contributed by atoms with Crippen molar-refractivity contribution in [1.82, 2.24) is 19.3 Å². The maximum Gasteiger partial charge on any atom is 0.337 e. The third-order valence-electron chi connectivity index (χ3n) is 4.76. The standard InChI is InChI=1S/C19H19N5O2S/c1-22-17(15-4-3-8-20-11-15)21-24(19(22)27)12-23-9-7-13-10-14(18(25)26-2)5-6-16(13)23/h3-6,8,10-11H,7,9,12H2,1-2H3. The van der Waals surface area contributed by atoms with Gasteiger partial charge < -0.3 is 14.2 Å². The molecule has 0 bridgehead atoms. The zero-order valence-electron chi connectivity index (χ0n) is 15.1. The first-order valence-corrected chi connectivity index (χ1v) is 8.99. The smallest absolute Gasteiger partial charge is 0.337 e. The number of carbonyl (C=O) groups excluding carboxylic acids is 1. The number of esters is 1. The number of pyridine rings is 1. The van der Waals surface area contributed by atoms with Crippen molar-refractivity contribution in [2.24, 2.45) is 7.05 Å². The van der Waals surface area contributed by atoms with Crippen LogP contribution in [-0.4, -0.2) is 39.0 Å². The number of benzene rings is 1. The molecule has 1 aromatic carbocycles. The molecular weight excluding hydrogens is 362 g/mol. The summed E-state index contributed by atoms with van der Waals surface area (Å²) in [6.45, 7) is 1.40. The molecule has 0 spiro atoms. The second-order valence-electron chi connectivity index (χ2n) is 6.40. The van der Waals surface area contributed by atoms with Crippen LogP contribution < -0.4 is 4.90 Å². The van der Waals surface area contributed by atoms with E-state index in [1.54, 1.807) is 18.5 Å². The van der Waals surface area contributed by atoms with E-state index in [1.165, 1.54) is 7.11 Å². The Morgan fingerprint density at radius 2 is 2.19 bits per heavy atom. The fraction of sp³-hybridized carbons (Fsp3) is 0.263. The summed E-state index contributed by atoms with van der Waals surface area (Å²) in [4.78, 5) is 18.1. The van der Waals surface area contributed by atoms with E-state index in [2.05, 4.69) is 9.88 Å². The zero-order valence-corrected chi connectivity index (χ0v) is 15.9. The molecule has 8 heteroatoms. The molecule has 0 atom stereocenters. The molecule has 3 aromatic rings. The largest absolute Gasteiger partial charge is 0.465 e. The molecule has 0 amide bonds. The second kappa shape index (κ2) is 6.96. The summed E-state index contributed by atoms with van der Waals surface area (Å²) in [5.41, 5.74) is 3.73. The summed E-state index contributed by atoms with van der Waals surface area (Å²) in [6.07, 6.45) is 4.38. The minimum Gasteiger partial charge on any atom is -0.465 e. The number of fused-ring (bicyclic) bond motifs is 1. The highest BCUT2D eigenvalue weighted by Crippen LogP contribution is 2.29. The molecule has 0 unspecified atom stereocenters. The van der Waals surface area contributed by atoms with Gasteiger partial charge in [-0.15, -0.1) is 5.10 Å². The lowest BCUT2D eigenvalue weighted by Crippen LogP contribution is -2.25. The van der Waals surface area contributed by atoms with Gasteiger partial charge in [0, 0.05) is 37.2 Å². The Labute approximate surface area is 161 Å². The molecule has 27 heavy (non-hydrogen) atoms. The molecule has 138 valence electrons. The average molecular weight is 381 g/mol. The molecule has 2 aromatic heterocycles. The van der Waals surface area contributed by atoms with Crippen molar-refractivity contribution in [1.29, 1.82) is 0 Å². The molecule has 0 fully saturated rings. The molecular formula is C19H19N5O2S. The van der Waals surface area contributed by atoms with Gasteiger partial charge in [-0.2, -0.15) is 0 Å². The number of aromatic nitrogens is 4. The molecule has 0 saturated heterocycles. The number of nitrogens with zero attached hydrogens (tertiary/aromatic N) is 5. The van der Waals surface area contributed by atoms with E-state index in [0.29, 0.717) is 17.0 Å². The Kier molecular flexibility index (Phi) is 4.49. The third-order valence-corrected chi connectivity index (χ3v) is 5.24. The summed E-state index contributed by atoms with van der Waals surface area (Å²) in [7, 11) is 3.30. The Balaban J connectivity index is 1.62. The summed E-state index contributed by atoms with van der Waals surface area (Å²) in [5.74, 6) is 0.470. The minimum atomic E-state index is -0.315. The second-order valence-corrected chi connectivity index (χ2v) is 6.76. The van der Waals surface area contributed by atoms with Gasteiger partial charge in [-0.05, 0) is 54.5 Å². The Hall–Kier alpha value is -3.00. The molecule has 0 radical (unpaired) electrons. The Morgan fingerprint density at radius 3 is 2.93 bits per heavy atom.